The van der Waals surface area contributed by atoms with Gasteiger partial charge in [-0.1, -0.05) is 24.8 Å². The average molecular weight is 244 g/mol. The number of rotatable bonds is 3. The number of carbonyl (C=O) groups is 1. The maximum atomic E-state index is 12.7. The second-order valence-electron chi connectivity index (χ2n) is 3.37. The minimum Gasteiger partial charge on any atom is -0.469 e. The van der Waals surface area contributed by atoms with Gasteiger partial charge in [-0.05, 0) is 17.2 Å². The van der Waals surface area contributed by atoms with Crippen LogP contribution >= 0.6 is 0 Å². The minimum atomic E-state index is -4.48. The fourth-order valence-corrected chi connectivity index (χ4v) is 1.39. The van der Waals surface area contributed by atoms with Gasteiger partial charge in [0.05, 0.1) is 19.1 Å². The summed E-state index contributed by atoms with van der Waals surface area (Å²) >= 11 is 0. The minimum absolute atomic E-state index is 0.109. The predicted octanol–water partition coefficient (Wildman–Crippen LogP) is 3.06. The van der Waals surface area contributed by atoms with E-state index in [9.17, 15) is 18.0 Å². The molecule has 0 aliphatic heterocycles. The topological polar surface area (TPSA) is 26.3 Å². The number of methoxy groups -OCH3 is 1. The summed E-state index contributed by atoms with van der Waals surface area (Å²) in [7, 11) is 1.13. The smallest absolute Gasteiger partial charge is 0.416 e. The van der Waals surface area contributed by atoms with Gasteiger partial charge in [-0.2, -0.15) is 13.2 Å². The molecular weight excluding hydrogens is 233 g/mol. The maximum absolute atomic E-state index is 12.7. The fraction of sp³-hybridized carbons (Fsp3) is 0.250. The summed E-state index contributed by atoms with van der Waals surface area (Å²) in [4.78, 5) is 11.0. The lowest BCUT2D eigenvalue weighted by Crippen LogP contribution is -2.13. The Morgan fingerprint density at radius 1 is 1.47 bits per heavy atom. The summed E-state index contributed by atoms with van der Waals surface area (Å²) in [5.74, 6) is -0.711. The van der Waals surface area contributed by atoms with Crippen LogP contribution in [0.1, 0.15) is 16.7 Å². The first-order valence-corrected chi connectivity index (χ1v) is 4.78. The third-order valence-corrected chi connectivity index (χ3v) is 2.23. The molecule has 0 N–H and O–H groups in total. The Balaban J connectivity index is 3.21. The Bertz CT molecular complexity index is 436. The molecule has 0 aliphatic carbocycles. The third kappa shape index (κ3) is 3.34. The molecule has 17 heavy (non-hydrogen) atoms. The number of alkyl halides is 3. The van der Waals surface area contributed by atoms with Crippen molar-refractivity contribution in [3.8, 4) is 0 Å². The molecule has 0 spiro atoms. The second kappa shape index (κ2) is 5.03. The van der Waals surface area contributed by atoms with Crippen LogP contribution in [-0.4, -0.2) is 13.1 Å². The maximum Gasteiger partial charge on any atom is 0.416 e. The van der Waals surface area contributed by atoms with Gasteiger partial charge in [-0.3, -0.25) is 4.79 Å². The highest BCUT2D eigenvalue weighted by Crippen LogP contribution is 2.33. The van der Waals surface area contributed by atoms with Crippen molar-refractivity contribution in [1.29, 1.82) is 0 Å². The summed E-state index contributed by atoms with van der Waals surface area (Å²) in [6.07, 6.45) is -3.48. The molecule has 0 aliphatic rings. The van der Waals surface area contributed by atoms with E-state index in [4.69, 9.17) is 0 Å². The van der Waals surface area contributed by atoms with E-state index in [2.05, 4.69) is 11.3 Å². The molecule has 1 aromatic carbocycles. The largest absolute Gasteiger partial charge is 0.469 e. The first-order valence-electron chi connectivity index (χ1n) is 4.78. The van der Waals surface area contributed by atoms with E-state index < -0.39 is 24.1 Å². The van der Waals surface area contributed by atoms with Crippen molar-refractivity contribution < 1.29 is 22.7 Å². The van der Waals surface area contributed by atoms with Crippen molar-refractivity contribution in [1.82, 2.24) is 0 Å². The number of hydrogen-bond donors (Lipinski definition) is 0. The van der Waals surface area contributed by atoms with Crippen LogP contribution in [0.2, 0.25) is 0 Å². The second-order valence-corrected chi connectivity index (χ2v) is 3.37. The summed E-state index contributed by atoms with van der Waals surface area (Å²) in [6, 6.07) is 3.53. The average Bonchev–Trinajstić information content (AvgIpc) is 2.27. The molecule has 0 heterocycles. The SMILES string of the molecule is C=Cc1ccc(C(F)(F)F)c(CC(=O)OC)c1. The molecule has 0 saturated carbocycles. The molecule has 92 valence electrons. The lowest BCUT2D eigenvalue weighted by atomic mass is 10.0. The van der Waals surface area contributed by atoms with Gasteiger partial charge >= 0.3 is 12.1 Å². The number of esters is 1. The van der Waals surface area contributed by atoms with Crippen molar-refractivity contribution in [2.75, 3.05) is 7.11 Å². The summed E-state index contributed by atoms with van der Waals surface area (Å²) in [5, 5.41) is 0. The van der Waals surface area contributed by atoms with Crippen LogP contribution in [-0.2, 0) is 22.1 Å². The molecule has 0 amide bonds. The predicted molar refractivity (Wildman–Crippen MR) is 57.3 cm³/mol. The molecule has 0 fully saturated rings. The molecule has 1 aromatic rings. The van der Waals surface area contributed by atoms with Gasteiger partial charge in [0.15, 0.2) is 0 Å². The van der Waals surface area contributed by atoms with E-state index in [1.54, 1.807) is 0 Å². The molecule has 2 nitrogen and oxygen atoms in total. The Morgan fingerprint density at radius 2 is 2.12 bits per heavy atom. The quantitative estimate of drug-likeness (QED) is 0.764. The normalized spacial score (nSPS) is 11.1. The first kappa shape index (κ1) is 13.3. The Morgan fingerprint density at radius 3 is 2.59 bits per heavy atom. The van der Waals surface area contributed by atoms with Gasteiger partial charge in [0.25, 0.3) is 0 Å². The lowest BCUT2D eigenvalue weighted by Gasteiger charge is -2.12. The Kier molecular flexibility index (Phi) is 3.93. The number of ether oxygens (including phenoxy) is 1. The van der Waals surface area contributed by atoms with Crippen LogP contribution in [0.4, 0.5) is 13.2 Å². The Labute approximate surface area is 96.7 Å². The van der Waals surface area contributed by atoms with Crippen LogP contribution < -0.4 is 0 Å². The molecule has 0 aromatic heterocycles. The van der Waals surface area contributed by atoms with E-state index >= 15 is 0 Å². The molecule has 0 unspecified atom stereocenters. The zero-order valence-electron chi connectivity index (χ0n) is 9.17. The Hall–Kier alpha value is -1.78. The zero-order chi connectivity index (χ0) is 13.1. The molecule has 0 atom stereocenters. The fourth-order valence-electron chi connectivity index (χ4n) is 1.39. The number of halogens is 3. The van der Waals surface area contributed by atoms with Crippen molar-refractivity contribution in [3.05, 3.63) is 41.5 Å². The van der Waals surface area contributed by atoms with E-state index in [0.29, 0.717) is 5.56 Å². The highest BCUT2D eigenvalue weighted by molar-refractivity contribution is 5.73. The highest BCUT2D eigenvalue weighted by atomic mass is 19.4. The van der Waals surface area contributed by atoms with Crippen LogP contribution in [0.5, 0.6) is 0 Å². The van der Waals surface area contributed by atoms with Crippen LogP contribution in [0, 0.1) is 0 Å². The van der Waals surface area contributed by atoms with Crippen LogP contribution in [0.25, 0.3) is 6.08 Å². The van der Waals surface area contributed by atoms with Crippen molar-refractivity contribution in [2.45, 2.75) is 12.6 Å². The van der Waals surface area contributed by atoms with Gasteiger partial charge < -0.3 is 4.74 Å². The van der Waals surface area contributed by atoms with Crippen molar-refractivity contribution in [3.63, 3.8) is 0 Å². The molecule has 1 rings (SSSR count). The van der Waals surface area contributed by atoms with Crippen molar-refractivity contribution >= 4 is 12.0 Å². The molecule has 0 saturated heterocycles. The van der Waals surface area contributed by atoms with Crippen LogP contribution in [0.15, 0.2) is 24.8 Å². The highest BCUT2D eigenvalue weighted by Gasteiger charge is 2.33. The summed E-state index contributed by atoms with van der Waals surface area (Å²) < 4.78 is 42.3. The third-order valence-electron chi connectivity index (χ3n) is 2.23. The summed E-state index contributed by atoms with van der Waals surface area (Å²) in [5.41, 5.74) is -0.410. The number of hydrogen-bond acceptors (Lipinski definition) is 2. The molecular formula is C12H11F3O2. The first-order chi connectivity index (χ1) is 7.88. The zero-order valence-corrected chi connectivity index (χ0v) is 9.17. The monoisotopic (exact) mass is 244 g/mol. The molecule has 0 bridgehead atoms. The van der Waals surface area contributed by atoms with Crippen LogP contribution in [0.3, 0.4) is 0 Å². The number of benzene rings is 1. The van der Waals surface area contributed by atoms with Gasteiger partial charge in [-0.25, -0.2) is 0 Å². The number of carbonyl (C=O) groups excluding carboxylic acids is 1. The van der Waals surface area contributed by atoms with Gasteiger partial charge in [0.1, 0.15) is 0 Å². The van der Waals surface area contributed by atoms with E-state index in [1.807, 2.05) is 0 Å². The van der Waals surface area contributed by atoms with E-state index in [0.717, 1.165) is 13.2 Å². The van der Waals surface area contributed by atoms with E-state index in [-0.39, 0.29) is 5.56 Å². The summed E-state index contributed by atoms with van der Waals surface area (Å²) in [6.45, 7) is 3.47. The van der Waals surface area contributed by atoms with Gasteiger partial charge in [0.2, 0.25) is 0 Å². The molecule has 0 radical (unpaired) electrons. The lowest BCUT2D eigenvalue weighted by molar-refractivity contribution is -0.141. The molecule has 5 heteroatoms. The van der Waals surface area contributed by atoms with Gasteiger partial charge in [-0.15, -0.1) is 0 Å². The van der Waals surface area contributed by atoms with Gasteiger partial charge in [0, 0.05) is 0 Å². The standard InChI is InChI=1S/C12H11F3O2/c1-3-8-4-5-10(12(13,14)15)9(6-8)7-11(16)17-2/h3-6H,1,7H2,2H3. The van der Waals surface area contributed by atoms with Crippen molar-refractivity contribution in [2.24, 2.45) is 0 Å². The van der Waals surface area contributed by atoms with E-state index in [1.165, 1.54) is 18.2 Å².